The number of H-pyrrole nitrogens is 1. The molecular formula is C20H20ClN3O2. The first kappa shape index (κ1) is 16.9. The lowest BCUT2D eigenvalue weighted by Gasteiger charge is -2.23. The number of amides is 1. The van der Waals surface area contributed by atoms with Gasteiger partial charge in [0.25, 0.3) is 5.91 Å². The maximum Gasteiger partial charge on any atom is 0.261 e. The van der Waals surface area contributed by atoms with Crippen molar-refractivity contribution in [2.45, 2.75) is 25.8 Å². The van der Waals surface area contributed by atoms with E-state index in [2.05, 4.69) is 9.97 Å². The molecule has 134 valence electrons. The van der Waals surface area contributed by atoms with Crippen LogP contribution in [0.5, 0.6) is 5.75 Å². The zero-order valence-corrected chi connectivity index (χ0v) is 15.3. The van der Waals surface area contributed by atoms with Gasteiger partial charge in [-0.15, -0.1) is 0 Å². The maximum atomic E-state index is 12.7. The van der Waals surface area contributed by atoms with E-state index < -0.39 is 0 Å². The molecule has 1 aliphatic heterocycles. The number of ether oxygens (including phenoxy) is 1. The number of imidazole rings is 1. The van der Waals surface area contributed by atoms with E-state index in [-0.39, 0.29) is 18.6 Å². The Labute approximate surface area is 156 Å². The Bertz CT molecular complexity index is 920. The van der Waals surface area contributed by atoms with Crippen LogP contribution >= 0.6 is 11.6 Å². The number of para-hydroxylation sites is 2. The maximum absolute atomic E-state index is 12.7. The van der Waals surface area contributed by atoms with Crippen molar-refractivity contribution in [3.05, 3.63) is 58.9 Å². The van der Waals surface area contributed by atoms with Crippen molar-refractivity contribution in [2.75, 3.05) is 13.2 Å². The molecule has 0 bridgehead atoms. The van der Waals surface area contributed by atoms with Crippen LogP contribution in [0.25, 0.3) is 11.0 Å². The third-order valence-electron chi connectivity index (χ3n) is 4.78. The summed E-state index contributed by atoms with van der Waals surface area (Å²) in [6, 6.07) is 13.3. The summed E-state index contributed by atoms with van der Waals surface area (Å²) in [6.07, 6.45) is 1.87. The summed E-state index contributed by atoms with van der Waals surface area (Å²) < 4.78 is 5.73. The van der Waals surface area contributed by atoms with Gasteiger partial charge in [-0.05, 0) is 55.7 Å². The van der Waals surface area contributed by atoms with Crippen molar-refractivity contribution < 1.29 is 9.53 Å². The largest absolute Gasteiger partial charge is 0.483 e. The van der Waals surface area contributed by atoms with Crippen LogP contribution in [-0.2, 0) is 4.79 Å². The third kappa shape index (κ3) is 3.27. The van der Waals surface area contributed by atoms with Gasteiger partial charge in [-0.3, -0.25) is 4.79 Å². The third-order valence-corrected chi connectivity index (χ3v) is 5.02. The molecule has 26 heavy (non-hydrogen) atoms. The number of nitrogens with one attached hydrogen (secondary N) is 1. The molecule has 5 nitrogen and oxygen atoms in total. The number of carbonyl (C=O) groups is 1. The van der Waals surface area contributed by atoms with Crippen LogP contribution in [-0.4, -0.2) is 33.9 Å². The number of carbonyl (C=O) groups excluding carboxylic acids is 1. The first-order valence-corrected chi connectivity index (χ1v) is 9.12. The Morgan fingerprint density at radius 2 is 2.19 bits per heavy atom. The highest BCUT2D eigenvalue weighted by Gasteiger charge is 2.32. The van der Waals surface area contributed by atoms with E-state index in [0.29, 0.717) is 10.8 Å². The fourth-order valence-corrected chi connectivity index (χ4v) is 3.70. The van der Waals surface area contributed by atoms with Crippen molar-refractivity contribution in [3.63, 3.8) is 0 Å². The first-order chi connectivity index (χ1) is 12.6. The molecule has 1 aromatic heterocycles. The Balaban J connectivity index is 1.48. The van der Waals surface area contributed by atoms with Gasteiger partial charge in [0, 0.05) is 11.6 Å². The minimum absolute atomic E-state index is 0.0131. The van der Waals surface area contributed by atoms with E-state index in [1.807, 2.05) is 42.2 Å². The topological polar surface area (TPSA) is 58.2 Å². The summed E-state index contributed by atoms with van der Waals surface area (Å²) in [4.78, 5) is 22.6. The van der Waals surface area contributed by atoms with Crippen molar-refractivity contribution in [1.82, 2.24) is 14.9 Å². The fourth-order valence-electron chi connectivity index (χ4n) is 3.48. The lowest BCUT2D eigenvalue weighted by Crippen LogP contribution is -2.35. The Kier molecular flexibility index (Phi) is 4.55. The molecule has 1 saturated heterocycles. The number of likely N-dealkylation sites (tertiary alicyclic amines) is 1. The number of fused-ring (bicyclic) bond motifs is 1. The molecule has 3 aromatic rings. The number of rotatable bonds is 4. The van der Waals surface area contributed by atoms with Gasteiger partial charge in [-0.2, -0.15) is 0 Å². The highest BCUT2D eigenvalue weighted by Crippen LogP contribution is 2.31. The molecule has 1 aliphatic rings. The average Bonchev–Trinajstić information content (AvgIpc) is 3.27. The highest BCUT2D eigenvalue weighted by atomic mass is 35.5. The van der Waals surface area contributed by atoms with Gasteiger partial charge in [0.05, 0.1) is 17.1 Å². The SMILES string of the molecule is Cc1cc(Cl)ccc1OCC(=O)N1CCC[C@H]1c1nc2ccccc2[nH]1. The number of hydrogen-bond donors (Lipinski definition) is 1. The molecule has 0 unspecified atom stereocenters. The number of aromatic amines is 1. The quantitative estimate of drug-likeness (QED) is 0.747. The van der Waals surface area contributed by atoms with E-state index >= 15 is 0 Å². The number of nitrogens with zero attached hydrogens (tertiary/aromatic N) is 2. The fraction of sp³-hybridized carbons (Fsp3) is 0.300. The number of benzene rings is 2. The van der Waals surface area contributed by atoms with Gasteiger partial charge in [0.15, 0.2) is 6.61 Å². The second-order valence-electron chi connectivity index (χ2n) is 6.58. The number of halogens is 1. The van der Waals surface area contributed by atoms with Crippen LogP contribution in [0.2, 0.25) is 5.02 Å². The van der Waals surface area contributed by atoms with E-state index in [4.69, 9.17) is 16.3 Å². The monoisotopic (exact) mass is 369 g/mol. The minimum Gasteiger partial charge on any atom is -0.483 e. The van der Waals surface area contributed by atoms with Crippen LogP contribution < -0.4 is 4.74 Å². The zero-order chi connectivity index (χ0) is 18.1. The molecule has 0 saturated carbocycles. The van der Waals surface area contributed by atoms with Crippen LogP contribution in [0.15, 0.2) is 42.5 Å². The van der Waals surface area contributed by atoms with Gasteiger partial charge in [0.1, 0.15) is 11.6 Å². The van der Waals surface area contributed by atoms with E-state index in [9.17, 15) is 4.79 Å². The molecule has 2 aromatic carbocycles. The summed E-state index contributed by atoms with van der Waals surface area (Å²) in [6.45, 7) is 2.65. The molecule has 2 heterocycles. The molecule has 1 amide bonds. The lowest BCUT2D eigenvalue weighted by atomic mass is 10.2. The van der Waals surface area contributed by atoms with E-state index in [1.165, 1.54) is 0 Å². The van der Waals surface area contributed by atoms with Gasteiger partial charge in [0.2, 0.25) is 0 Å². The molecule has 1 N–H and O–H groups in total. The number of hydrogen-bond acceptors (Lipinski definition) is 3. The smallest absolute Gasteiger partial charge is 0.261 e. The Morgan fingerprint density at radius 1 is 1.35 bits per heavy atom. The zero-order valence-electron chi connectivity index (χ0n) is 14.5. The van der Waals surface area contributed by atoms with Gasteiger partial charge < -0.3 is 14.6 Å². The van der Waals surface area contributed by atoms with Gasteiger partial charge in [-0.25, -0.2) is 4.98 Å². The molecular weight excluding hydrogens is 350 g/mol. The summed E-state index contributed by atoms with van der Waals surface area (Å²) in [5, 5.41) is 0.658. The second-order valence-corrected chi connectivity index (χ2v) is 7.02. The van der Waals surface area contributed by atoms with Crippen LogP contribution in [0.3, 0.4) is 0 Å². The van der Waals surface area contributed by atoms with Crippen molar-refractivity contribution in [2.24, 2.45) is 0 Å². The van der Waals surface area contributed by atoms with Crippen LogP contribution in [0.1, 0.15) is 30.3 Å². The van der Waals surface area contributed by atoms with Gasteiger partial charge >= 0.3 is 0 Å². The van der Waals surface area contributed by atoms with E-state index in [1.54, 1.807) is 12.1 Å². The number of aryl methyl sites for hydroxylation is 1. The molecule has 1 atom stereocenters. The molecule has 0 spiro atoms. The normalized spacial score (nSPS) is 17.0. The first-order valence-electron chi connectivity index (χ1n) is 8.75. The van der Waals surface area contributed by atoms with Crippen molar-refractivity contribution >= 4 is 28.5 Å². The van der Waals surface area contributed by atoms with Gasteiger partial charge in [-0.1, -0.05) is 23.7 Å². The number of aromatic nitrogens is 2. The Morgan fingerprint density at radius 3 is 3.00 bits per heavy atom. The summed E-state index contributed by atoms with van der Waals surface area (Å²) in [5.41, 5.74) is 2.84. The predicted octanol–water partition coefficient (Wildman–Crippen LogP) is 4.27. The Hall–Kier alpha value is -2.53. The van der Waals surface area contributed by atoms with Crippen LogP contribution in [0, 0.1) is 6.92 Å². The highest BCUT2D eigenvalue weighted by molar-refractivity contribution is 6.30. The van der Waals surface area contributed by atoms with E-state index in [0.717, 1.165) is 41.8 Å². The summed E-state index contributed by atoms with van der Waals surface area (Å²) >= 11 is 5.96. The molecule has 0 radical (unpaired) electrons. The van der Waals surface area contributed by atoms with Crippen LogP contribution in [0.4, 0.5) is 0 Å². The summed E-state index contributed by atoms with van der Waals surface area (Å²) in [5.74, 6) is 1.50. The summed E-state index contributed by atoms with van der Waals surface area (Å²) in [7, 11) is 0. The predicted molar refractivity (Wildman–Crippen MR) is 101 cm³/mol. The molecule has 0 aliphatic carbocycles. The minimum atomic E-state index is -0.0256. The van der Waals surface area contributed by atoms with Crippen molar-refractivity contribution in [3.8, 4) is 5.75 Å². The molecule has 4 rings (SSSR count). The molecule has 6 heteroatoms. The standard InChI is InChI=1S/C20H20ClN3O2/c1-13-11-14(21)8-9-18(13)26-12-19(25)24-10-4-7-17(24)20-22-15-5-2-3-6-16(15)23-20/h2-3,5-6,8-9,11,17H,4,7,10,12H2,1H3,(H,22,23)/t17-/m0/s1. The molecule has 1 fully saturated rings. The lowest BCUT2D eigenvalue weighted by molar-refractivity contribution is -0.134. The van der Waals surface area contributed by atoms with Crippen molar-refractivity contribution in [1.29, 1.82) is 0 Å². The average molecular weight is 370 g/mol. The second kappa shape index (κ2) is 7.00.